The summed E-state index contributed by atoms with van der Waals surface area (Å²) in [6.45, 7) is 17.1. The summed E-state index contributed by atoms with van der Waals surface area (Å²) in [6.07, 6.45) is 0. The maximum absolute atomic E-state index is 10.7. The van der Waals surface area contributed by atoms with E-state index in [-0.39, 0.29) is 0 Å². The highest BCUT2D eigenvalue weighted by molar-refractivity contribution is 6.67. The zero-order valence-electron chi connectivity index (χ0n) is 13.1. The van der Waals surface area contributed by atoms with E-state index in [1.165, 1.54) is 12.1 Å². The second-order valence-electron chi connectivity index (χ2n) is 4.98. The van der Waals surface area contributed by atoms with Gasteiger partial charge in [-0.2, -0.15) is 0 Å². The monoisotopic (exact) mass is 339 g/mol. The van der Waals surface area contributed by atoms with Crippen LogP contribution in [0.1, 0.15) is 31.8 Å². The number of nitrogens with two attached hydrogens (primary N) is 1. The normalized spacial score (nSPS) is 9.04. The van der Waals surface area contributed by atoms with Crippen molar-refractivity contribution in [1.29, 1.82) is 0 Å². The summed E-state index contributed by atoms with van der Waals surface area (Å²) in [4.78, 5) is 27.9. The SMILES string of the molecule is [C-]#[N+]c1cc(C)cc(C(=O)Cl)c1.[C-]#[N+]c1cc(C)cc(C(N)=O)c1. The maximum Gasteiger partial charge on any atom is 0.251 e. The van der Waals surface area contributed by atoms with Crippen molar-refractivity contribution in [3.05, 3.63) is 81.5 Å². The van der Waals surface area contributed by atoms with Gasteiger partial charge in [0.2, 0.25) is 5.91 Å². The van der Waals surface area contributed by atoms with Crippen LogP contribution in [-0.2, 0) is 0 Å². The molecule has 24 heavy (non-hydrogen) atoms. The summed E-state index contributed by atoms with van der Waals surface area (Å²) < 4.78 is 0. The molecule has 0 atom stereocenters. The van der Waals surface area contributed by atoms with Gasteiger partial charge in [-0.05, 0) is 49.7 Å². The summed E-state index contributed by atoms with van der Waals surface area (Å²) in [5.74, 6) is -0.497. The highest BCUT2D eigenvalue weighted by Gasteiger charge is 2.03. The van der Waals surface area contributed by atoms with Gasteiger partial charge in [0.1, 0.15) is 0 Å². The number of benzene rings is 2. The van der Waals surface area contributed by atoms with Crippen LogP contribution in [0.4, 0.5) is 11.4 Å². The molecule has 0 bridgehead atoms. The molecule has 6 heteroatoms. The summed E-state index contributed by atoms with van der Waals surface area (Å²) >= 11 is 5.26. The van der Waals surface area contributed by atoms with Crippen LogP contribution in [0.2, 0.25) is 0 Å². The predicted octanol–water partition coefficient (Wildman–Crippen LogP) is 4.57. The van der Waals surface area contributed by atoms with E-state index in [1.807, 2.05) is 13.8 Å². The molecular formula is C18H14ClN3O2. The first-order valence-corrected chi connectivity index (χ1v) is 7.12. The van der Waals surface area contributed by atoms with E-state index in [0.717, 1.165) is 11.1 Å². The molecular weight excluding hydrogens is 326 g/mol. The average Bonchev–Trinajstić information content (AvgIpc) is 2.54. The van der Waals surface area contributed by atoms with Crippen LogP contribution in [0.3, 0.4) is 0 Å². The largest absolute Gasteiger partial charge is 0.366 e. The van der Waals surface area contributed by atoms with Gasteiger partial charge in [0.25, 0.3) is 5.24 Å². The number of hydrogen-bond donors (Lipinski definition) is 1. The number of hydrogen-bond acceptors (Lipinski definition) is 2. The molecule has 2 aromatic carbocycles. The summed E-state index contributed by atoms with van der Waals surface area (Å²) in [7, 11) is 0. The first kappa shape index (κ1) is 18.9. The molecule has 5 nitrogen and oxygen atoms in total. The van der Waals surface area contributed by atoms with Crippen molar-refractivity contribution in [1.82, 2.24) is 0 Å². The fourth-order valence-electron chi connectivity index (χ4n) is 1.91. The van der Waals surface area contributed by atoms with Crippen molar-refractivity contribution < 1.29 is 9.59 Å². The smallest absolute Gasteiger partial charge is 0.251 e. The molecule has 120 valence electrons. The van der Waals surface area contributed by atoms with Crippen LogP contribution in [0.25, 0.3) is 9.69 Å². The van der Waals surface area contributed by atoms with Crippen LogP contribution in [-0.4, -0.2) is 11.1 Å². The number of aryl methyl sites for hydroxylation is 2. The van der Waals surface area contributed by atoms with Crippen LogP contribution in [0, 0.1) is 27.0 Å². The van der Waals surface area contributed by atoms with Crippen molar-refractivity contribution >= 4 is 34.1 Å². The minimum Gasteiger partial charge on any atom is -0.366 e. The molecule has 2 N–H and O–H groups in total. The minimum absolute atomic E-state index is 0.377. The van der Waals surface area contributed by atoms with Crippen molar-refractivity contribution in [2.24, 2.45) is 5.73 Å². The highest BCUT2D eigenvalue weighted by Crippen LogP contribution is 2.18. The molecule has 0 saturated carbocycles. The second-order valence-corrected chi connectivity index (χ2v) is 5.32. The zero-order valence-corrected chi connectivity index (χ0v) is 13.9. The van der Waals surface area contributed by atoms with Gasteiger partial charge in [0.15, 0.2) is 11.4 Å². The number of amides is 1. The third-order valence-electron chi connectivity index (χ3n) is 2.89. The van der Waals surface area contributed by atoms with E-state index in [4.69, 9.17) is 30.5 Å². The van der Waals surface area contributed by atoms with Crippen molar-refractivity contribution in [3.63, 3.8) is 0 Å². The standard InChI is InChI=1S/C9H6ClNO.C9H8N2O/c2*1-6-3-7(9(10)12)5-8(4-6)11-2/h3-5H,1H3;3-5H,1H3,(H2,10,12). The fraction of sp³-hybridized carbons (Fsp3) is 0.111. The minimum atomic E-state index is -0.524. The van der Waals surface area contributed by atoms with Gasteiger partial charge in [0, 0.05) is 11.1 Å². The molecule has 0 aliphatic rings. The average molecular weight is 340 g/mol. The Kier molecular flexibility index (Phi) is 6.67. The molecule has 0 aromatic heterocycles. The molecule has 2 aromatic rings. The highest BCUT2D eigenvalue weighted by atomic mass is 35.5. The van der Waals surface area contributed by atoms with E-state index < -0.39 is 11.1 Å². The van der Waals surface area contributed by atoms with Gasteiger partial charge in [0.05, 0.1) is 13.1 Å². The molecule has 0 spiro atoms. The van der Waals surface area contributed by atoms with Crippen LogP contribution >= 0.6 is 11.6 Å². The second kappa shape index (κ2) is 8.47. The summed E-state index contributed by atoms with van der Waals surface area (Å²) in [6, 6.07) is 9.70. The fourth-order valence-corrected chi connectivity index (χ4v) is 2.02. The Bertz CT molecular complexity index is 803. The lowest BCUT2D eigenvalue weighted by atomic mass is 10.1. The van der Waals surface area contributed by atoms with E-state index in [0.29, 0.717) is 22.5 Å². The Morgan fingerprint density at radius 3 is 1.67 bits per heavy atom. The van der Waals surface area contributed by atoms with Gasteiger partial charge in [-0.1, -0.05) is 23.3 Å². The predicted molar refractivity (Wildman–Crippen MR) is 93.6 cm³/mol. The van der Waals surface area contributed by atoms with Gasteiger partial charge in [-0.25, -0.2) is 9.69 Å². The number of primary amides is 1. The van der Waals surface area contributed by atoms with E-state index in [1.54, 1.807) is 24.3 Å². The molecule has 0 aliphatic heterocycles. The Hall–Kier alpha value is -3.15. The first-order valence-electron chi connectivity index (χ1n) is 6.74. The number of halogens is 1. The molecule has 0 heterocycles. The number of nitrogens with zero attached hydrogens (tertiary/aromatic N) is 2. The Morgan fingerprint density at radius 2 is 1.29 bits per heavy atom. The summed E-state index contributed by atoms with van der Waals surface area (Å²) in [5, 5.41) is -0.524. The third-order valence-corrected chi connectivity index (χ3v) is 3.11. The molecule has 0 radical (unpaired) electrons. The topological polar surface area (TPSA) is 68.9 Å². The van der Waals surface area contributed by atoms with E-state index >= 15 is 0 Å². The Morgan fingerprint density at radius 1 is 0.875 bits per heavy atom. The number of carbonyl (C=O) groups excluding carboxylic acids is 2. The molecule has 0 saturated heterocycles. The number of carbonyl (C=O) groups is 2. The van der Waals surface area contributed by atoms with Crippen molar-refractivity contribution in [3.8, 4) is 0 Å². The molecule has 0 fully saturated rings. The lowest BCUT2D eigenvalue weighted by Crippen LogP contribution is -2.10. The zero-order chi connectivity index (χ0) is 18.3. The van der Waals surface area contributed by atoms with Gasteiger partial charge in [-0.15, -0.1) is 0 Å². The number of rotatable bonds is 2. The molecule has 0 unspecified atom stereocenters. The van der Waals surface area contributed by atoms with E-state index in [9.17, 15) is 9.59 Å². The lowest BCUT2D eigenvalue weighted by Gasteiger charge is -1.98. The lowest BCUT2D eigenvalue weighted by molar-refractivity contribution is 0.0999. The van der Waals surface area contributed by atoms with Crippen LogP contribution in [0.5, 0.6) is 0 Å². The maximum atomic E-state index is 10.7. The van der Waals surface area contributed by atoms with E-state index in [2.05, 4.69) is 9.69 Å². The Balaban J connectivity index is 0.000000240. The Labute approximate surface area is 145 Å². The molecule has 1 amide bonds. The van der Waals surface area contributed by atoms with Crippen LogP contribution < -0.4 is 5.73 Å². The van der Waals surface area contributed by atoms with Gasteiger partial charge >= 0.3 is 0 Å². The molecule has 2 rings (SSSR count). The van der Waals surface area contributed by atoms with Gasteiger partial charge < -0.3 is 5.73 Å². The molecule has 0 aliphatic carbocycles. The first-order chi connectivity index (χ1) is 11.3. The van der Waals surface area contributed by atoms with Crippen molar-refractivity contribution in [2.75, 3.05) is 0 Å². The van der Waals surface area contributed by atoms with Crippen molar-refractivity contribution in [2.45, 2.75) is 13.8 Å². The summed E-state index contributed by atoms with van der Waals surface area (Å²) in [5.41, 5.74) is 8.46. The van der Waals surface area contributed by atoms with Crippen LogP contribution in [0.15, 0.2) is 36.4 Å². The quantitative estimate of drug-likeness (QED) is 0.643. The van der Waals surface area contributed by atoms with Gasteiger partial charge in [-0.3, -0.25) is 9.59 Å². The third kappa shape index (κ3) is 5.57.